The lowest BCUT2D eigenvalue weighted by molar-refractivity contribution is 0.355. The van der Waals surface area contributed by atoms with E-state index in [1.165, 1.54) is 5.56 Å². The molecule has 3 aromatic rings. The highest BCUT2D eigenvalue weighted by Gasteiger charge is 2.09. The van der Waals surface area contributed by atoms with Crippen molar-refractivity contribution in [2.75, 3.05) is 27.9 Å². The van der Waals surface area contributed by atoms with Crippen LogP contribution in [0.25, 0.3) is 10.4 Å². The molecule has 0 fully saturated rings. The minimum absolute atomic E-state index is 0.722. The normalized spacial score (nSPS) is 10.6. The van der Waals surface area contributed by atoms with E-state index >= 15 is 0 Å². The Morgan fingerprint density at radius 1 is 0.926 bits per heavy atom. The van der Waals surface area contributed by atoms with Gasteiger partial charge in [-0.3, -0.25) is 0 Å². The predicted molar refractivity (Wildman–Crippen MR) is 109 cm³/mol. The minimum atomic E-state index is 0.722. The highest BCUT2D eigenvalue weighted by Crippen LogP contribution is 2.34. The summed E-state index contributed by atoms with van der Waals surface area (Å²) < 4.78 is 16.1. The number of ether oxygens (including phenoxy) is 3. The van der Waals surface area contributed by atoms with Crippen molar-refractivity contribution in [3.05, 3.63) is 59.2 Å². The highest BCUT2D eigenvalue weighted by atomic mass is 32.1. The third kappa shape index (κ3) is 4.78. The Morgan fingerprint density at radius 2 is 1.70 bits per heavy atom. The zero-order valence-electron chi connectivity index (χ0n) is 15.8. The van der Waals surface area contributed by atoms with Crippen LogP contribution in [-0.2, 0) is 13.0 Å². The number of methoxy groups -OCH3 is 3. The number of hydrogen-bond donors (Lipinski definition) is 1. The van der Waals surface area contributed by atoms with Crippen LogP contribution in [0, 0.1) is 0 Å². The van der Waals surface area contributed by atoms with Gasteiger partial charge in [-0.25, -0.2) is 4.98 Å². The van der Waals surface area contributed by atoms with Gasteiger partial charge in [-0.05, 0) is 48.4 Å². The Morgan fingerprint density at radius 3 is 2.48 bits per heavy atom. The zero-order chi connectivity index (χ0) is 19.1. The van der Waals surface area contributed by atoms with Crippen LogP contribution in [0.15, 0.2) is 48.7 Å². The summed E-state index contributed by atoms with van der Waals surface area (Å²) in [6.45, 7) is 1.61. The van der Waals surface area contributed by atoms with E-state index in [1.807, 2.05) is 42.6 Å². The van der Waals surface area contributed by atoms with Crippen molar-refractivity contribution in [3.8, 4) is 27.7 Å². The Labute approximate surface area is 163 Å². The van der Waals surface area contributed by atoms with E-state index in [9.17, 15) is 0 Å². The lowest BCUT2D eigenvalue weighted by atomic mass is 10.1. The maximum absolute atomic E-state index is 5.39. The van der Waals surface area contributed by atoms with Crippen LogP contribution in [0.5, 0.6) is 17.2 Å². The molecule has 142 valence electrons. The maximum atomic E-state index is 5.39. The fourth-order valence-electron chi connectivity index (χ4n) is 2.84. The second-order valence-electron chi connectivity index (χ2n) is 5.93. The summed E-state index contributed by atoms with van der Waals surface area (Å²) in [6, 6.07) is 14.0. The summed E-state index contributed by atoms with van der Waals surface area (Å²) in [6.07, 6.45) is 2.82. The van der Waals surface area contributed by atoms with Crippen molar-refractivity contribution < 1.29 is 14.2 Å². The fraction of sp³-hybridized carbons (Fsp3) is 0.286. The standard InChI is InChI=1S/C21H24N2O3S/c1-24-17-7-5-4-6-15(17)10-11-22-14-21-23-13-20(27-21)16-8-9-18(25-2)19(12-16)26-3/h4-9,12-13,22H,10-11,14H2,1-3H3. The van der Waals surface area contributed by atoms with Gasteiger partial charge in [0.1, 0.15) is 10.8 Å². The molecule has 0 saturated heterocycles. The third-order valence-electron chi connectivity index (χ3n) is 4.26. The topological polar surface area (TPSA) is 52.6 Å². The summed E-state index contributed by atoms with van der Waals surface area (Å²) in [5, 5.41) is 4.51. The molecule has 0 unspecified atom stereocenters. The van der Waals surface area contributed by atoms with Gasteiger partial charge >= 0.3 is 0 Å². The number of rotatable bonds is 9. The number of hydrogen-bond acceptors (Lipinski definition) is 6. The molecular weight excluding hydrogens is 360 g/mol. The van der Waals surface area contributed by atoms with Crippen LogP contribution in [-0.4, -0.2) is 32.9 Å². The largest absolute Gasteiger partial charge is 0.496 e. The molecule has 0 saturated carbocycles. The molecule has 2 aromatic carbocycles. The van der Waals surface area contributed by atoms with Crippen LogP contribution in [0.1, 0.15) is 10.6 Å². The second-order valence-corrected chi connectivity index (χ2v) is 7.04. The van der Waals surface area contributed by atoms with E-state index in [0.717, 1.165) is 52.2 Å². The molecular formula is C21H24N2O3S. The van der Waals surface area contributed by atoms with E-state index in [2.05, 4.69) is 16.4 Å². The number of nitrogens with zero attached hydrogens (tertiary/aromatic N) is 1. The minimum Gasteiger partial charge on any atom is -0.496 e. The van der Waals surface area contributed by atoms with Gasteiger partial charge in [0.25, 0.3) is 0 Å². The lowest BCUT2D eigenvalue weighted by Gasteiger charge is -2.08. The summed E-state index contributed by atoms with van der Waals surface area (Å²) in [4.78, 5) is 5.64. The molecule has 1 N–H and O–H groups in total. The maximum Gasteiger partial charge on any atom is 0.161 e. The number of para-hydroxylation sites is 1. The molecule has 0 aliphatic heterocycles. The SMILES string of the molecule is COc1ccccc1CCNCc1ncc(-c2ccc(OC)c(OC)c2)s1. The molecule has 3 rings (SSSR count). The van der Waals surface area contributed by atoms with E-state index in [0.29, 0.717) is 0 Å². The average Bonchev–Trinajstić information content (AvgIpc) is 3.20. The number of thiazole rings is 1. The van der Waals surface area contributed by atoms with Gasteiger partial charge in [-0.15, -0.1) is 11.3 Å². The molecule has 0 radical (unpaired) electrons. The van der Waals surface area contributed by atoms with E-state index < -0.39 is 0 Å². The van der Waals surface area contributed by atoms with Crippen molar-refractivity contribution in [2.24, 2.45) is 0 Å². The fourth-order valence-corrected chi connectivity index (χ4v) is 3.73. The summed E-state index contributed by atoms with van der Waals surface area (Å²) in [5.41, 5.74) is 2.28. The van der Waals surface area contributed by atoms with Gasteiger partial charge in [-0.1, -0.05) is 18.2 Å². The first-order valence-electron chi connectivity index (χ1n) is 8.75. The monoisotopic (exact) mass is 384 g/mol. The molecule has 0 bridgehead atoms. The smallest absolute Gasteiger partial charge is 0.161 e. The van der Waals surface area contributed by atoms with Gasteiger partial charge in [0.15, 0.2) is 11.5 Å². The number of nitrogens with one attached hydrogen (secondary N) is 1. The summed E-state index contributed by atoms with van der Waals surface area (Å²) >= 11 is 1.68. The molecule has 0 aliphatic carbocycles. The summed E-state index contributed by atoms with van der Waals surface area (Å²) in [5.74, 6) is 2.38. The van der Waals surface area contributed by atoms with Crippen LogP contribution < -0.4 is 19.5 Å². The van der Waals surface area contributed by atoms with Gasteiger partial charge < -0.3 is 19.5 Å². The lowest BCUT2D eigenvalue weighted by Crippen LogP contribution is -2.16. The van der Waals surface area contributed by atoms with Crippen LogP contribution in [0.4, 0.5) is 0 Å². The number of benzene rings is 2. The molecule has 6 heteroatoms. The molecule has 27 heavy (non-hydrogen) atoms. The van der Waals surface area contributed by atoms with Gasteiger partial charge in [0.05, 0.1) is 26.2 Å². The first-order chi connectivity index (χ1) is 13.2. The van der Waals surface area contributed by atoms with Crippen molar-refractivity contribution in [1.82, 2.24) is 10.3 Å². The van der Waals surface area contributed by atoms with Crippen molar-refractivity contribution in [2.45, 2.75) is 13.0 Å². The Bertz CT molecular complexity index is 879. The molecule has 0 atom stereocenters. The van der Waals surface area contributed by atoms with E-state index in [1.54, 1.807) is 32.7 Å². The van der Waals surface area contributed by atoms with Crippen molar-refractivity contribution in [3.63, 3.8) is 0 Å². The third-order valence-corrected chi connectivity index (χ3v) is 5.31. The van der Waals surface area contributed by atoms with Crippen molar-refractivity contribution >= 4 is 11.3 Å². The second kappa shape index (κ2) is 9.39. The molecule has 0 amide bonds. The average molecular weight is 385 g/mol. The van der Waals surface area contributed by atoms with Gasteiger partial charge in [0.2, 0.25) is 0 Å². The van der Waals surface area contributed by atoms with Crippen LogP contribution in [0.3, 0.4) is 0 Å². The van der Waals surface area contributed by atoms with E-state index in [4.69, 9.17) is 14.2 Å². The highest BCUT2D eigenvalue weighted by molar-refractivity contribution is 7.15. The first-order valence-corrected chi connectivity index (χ1v) is 9.56. The molecule has 0 aliphatic rings. The van der Waals surface area contributed by atoms with Gasteiger partial charge in [0, 0.05) is 12.7 Å². The Kier molecular flexibility index (Phi) is 6.68. The zero-order valence-corrected chi connectivity index (χ0v) is 16.6. The Balaban J connectivity index is 1.57. The number of aromatic nitrogens is 1. The van der Waals surface area contributed by atoms with Gasteiger partial charge in [-0.2, -0.15) is 0 Å². The van der Waals surface area contributed by atoms with Crippen LogP contribution >= 0.6 is 11.3 Å². The molecule has 5 nitrogen and oxygen atoms in total. The molecule has 0 spiro atoms. The predicted octanol–water partition coefficient (Wildman–Crippen LogP) is 4.17. The first kappa shape index (κ1) is 19.2. The van der Waals surface area contributed by atoms with Crippen LogP contribution in [0.2, 0.25) is 0 Å². The summed E-state index contributed by atoms with van der Waals surface area (Å²) in [7, 11) is 4.99. The molecule has 1 heterocycles. The molecule has 1 aromatic heterocycles. The van der Waals surface area contributed by atoms with E-state index in [-0.39, 0.29) is 0 Å². The Hall–Kier alpha value is -2.57. The van der Waals surface area contributed by atoms with Crippen molar-refractivity contribution in [1.29, 1.82) is 0 Å². The quantitative estimate of drug-likeness (QED) is 0.561.